The van der Waals surface area contributed by atoms with Gasteiger partial charge in [-0.05, 0) is 101 Å². The molecule has 0 radical (unpaired) electrons. The molecular weight excluding hydrogens is 376 g/mol. The lowest BCUT2D eigenvalue weighted by Crippen LogP contribution is -2.05. The van der Waals surface area contributed by atoms with E-state index in [9.17, 15) is 0 Å². The Morgan fingerprint density at radius 1 is 0.613 bits per heavy atom. The Labute approximate surface area is 185 Å². The zero-order valence-electron chi connectivity index (χ0n) is 19.2. The molecule has 0 saturated heterocycles. The van der Waals surface area contributed by atoms with Crippen molar-refractivity contribution in [1.82, 2.24) is 9.97 Å². The van der Waals surface area contributed by atoms with Crippen molar-refractivity contribution in [2.24, 2.45) is 0 Å². The van der Waals surface area contributed by atoms with Crippen LogP contribution in [0.5, 0.6) is 0 Å². The summed E-state index contributed by atoms with van der Waals surface area (Å²) in [7, 11) is 0. The average Bonchev–Trinajstić information content (AvgIpc) is 3.57. The molecule has 0 spiro atoms. The number of aromatic nitrogens is 2. The minimum atomic E-state index is 1.01. The molecule has 2 heteroatoms. The molecule has 2 aromatic carbocycles. The van der Waals surface area contributed by atoms with E-state index in [0.29, 0.717) is 0 Å². The van der Waals surface area contributed by atoms with E-state index in [0.717, 1.165) is 32.1 Å². The number of H-pyrrole nitrogens is 2. The molecule has 2 nitrogen and oxygen atoms in total. The Morgan fingerprint density at radius 3 is 1.77 bits per heavy atom. The predicted molar refractivity (Wildman–Crippen MR) is 132 cm³/mol. The lowest BCUT2D eigenvalue weighted by molar-refractivity contribution is 1.02. The van der Waals surface area contributed by atoms with Crippen LogP contribution in [0.2, 0.25) is 0 Å². The molecule has 0 atom stereocenters. The number of benzene rings is 2. The summed E-state index contributed by atoms with van der Waals surface area (Å²) >= 11 is 0. The minimum absolute atomic E-state index is 1.01. The summed E-state index contributed by atoms with van der Waals surface area (Å²) in [6.45, 7) is 9.24. The van der Waals surface area contributed by atoms with E-state index >= 15 is 0 Å². The number of hydrogen-bond donors (Lipinski definition) is 2. The summed E-state index contributed by atoms with van der Waals surface area (Å²) in [6, 6.07) is 13.5. The Morgan fingerprint density at radius 2 is 1.23 bits per heavy atom. The first-order valence-electron chi connectivity index (χ1n) is 11.8. The van der Waals surface area contributed by atoms with Crippen LogP contribution in [0.3, 0.4) is 0 Å². The zero-order valence-corrected chi connectivity index (χ0v) is 19.2. The first-order chi connectivity index (χ1) is 15.2. The van der Waals surface area contributed by atoms with E-state index in [4.69, 9.17) is 0 Å². The molecule has 5 rings (SSSR count). The molecule has 0 fully saturated rings. The van der Waals surface area contributed by atoms with Crippen LogP contribution in [0.4, 0.5) is 0 Å². The summed E-state index contributed by atoms with van der Waals surface area (Å²) < 4.78 is 0. The summed E-state index contributed by atoms with van der Waals surface area (Å²) in [4.78, 5) is 7.06. The topological polar surface area (TPSA) is 31.6 Å². The monoisotopic (exact) mass is 408 g/mol. The van der Waals surface area contributed by atoms with Crippen LogP contribution < -0.4 is 0 Å². The fourth-order valence-electron chi connectivity index (χ4n) is 5.86. The highest BCUT2D eigenvalue weighted by molar-refractivity contribution is 5.97. The summed E-state index contributed by atoms with van der Waals surface area (Å²) in [5.41, 5.74) is 17.4. The van der Waals surface area contributed by atoms with Gasteiger partial charge in [-0.1, -0.05) is 39.8 Å². The van der Waals surface area contributed by atoms with E-state index in [-0.39, 0.29) is 0 Å². The molecule has 31 heavy (non-hydrogen) atoms. The van der Waals surface area contributed by atoms with Crippen LogP contribution in [0, 0.1) is 0 Å². The highest BCUT2D eigenvalue weighted by atomic mass is 14.7. The number of hydrogen-bond acceptors (Lipinski definition) is 0. The first kappa shape index (κ1) is 19.9. The second-order valence-electron chi connectivity index (χ2n) is 8.56. The molecule has 1 aliphatic carbocycles. The highest BCUT2D eigenvalue weighted by Crippen LogP contribution is 2.51. The second-order valence-corrected chi connectivity index (χ2v) is 8.56. The largest absolute Gasteiger partial charge is 0.361 e. The van der Waals surface area contributed by atoms with Crippen LogP contribution in [0.25, 0.3) is 33.6 Å². The molecule has 0 aliphatic heterocycles. The van der Waals surface area contributed by atoms with Gasteiger partial charge < -0.3 is 9.97 Å². The maximum atomic E-state index is 3.54. The van der Waals surface area contributed by atoms with Gasteiger partial charge in [0, 0.05) is 34.9 Å². The maximum absolute atomic E-state index is 3.54. The molecule has 0 bridgehead atoms. The van der Waals surface area contributed by atoms with E-state index in [1.807, 2.05) is 12.4 Å². The van der Waals surface area contributed by atoms with Gasteiger partial charge in [0.25, 0.3) is 0 Å². The quantitative estimate of drug-likeness (QED) is 0.291. The van der Waals surface area contributed by atoms with Crippen molar-refractivity contribution in [1.29, 1.82) is 0 Å². The fraction of sp³-hybridized carbons (Fsp3) is 0.310. The third-order valence-corrected chi connectivity index (χ3v) is 7.11. The van der Waals surface area contributed by atoms with E-state index in [1.165, 1.54) is 55.9 Å². The normalized spacial score (nSPS) is 12.3. The SMILES string of the molecule is CCc1ccc2c(c1CC)-c1c(CC)c(CC)c(-c3ccc[nH]3)c(-c3ccc[nH]3)c1C2. The van der Waals surface area contributed by atoms with Crippen LogP contribution >= 0.6 is 0 Å². The summed E-state index contributed by atoms with van der Waals surface area (Å²) in [6.07, 6.45) is 9.38. The lowest BCUT2D eigenvalue weighted by atomic mass is 9.81. The summed E-state index contributed by atoms with van der Waals surface area (Å²) in [5, 5.41) is 0. The number of fused-ring (bicyclic) bond motifs is 3. The molecule has 0 saturated carbocycles. The van der Waals surface area contributed by atoms with Gasteiger partial charge in [-0.3, -0.25) is 0 Å². The molecule has 1 aliphatic rings. The first-order valence-corrected chi connectivity index (χ1v) is 11.8. The summed E-state index contributed by atoms with van der Waals surface area (Å²) in [5.74, 6) is 0. The van der Waals surface area contributed by atoms with Gasteiger partial charge in [-0.25, -0.2) is 0 Å². The Bertz CT molecular complexity index is 1220. The van der Waals surface area contributed by atoms with Gasteiger partial charge in [-0.15, -0.1) is 0 Å². The van der Waals surface area contributed by atoms with E-state index in [2.05, 4.69) is 74.1 Å². The smallest absolute Gasteiger partial charge is 0.0463 e. The number of nitrogens with one attached hydrogen (secondary N) is 2. The van der Waals surface area contributed by atoms with Crippen LogP contribution in [0.1, 0.15) is 61.1 Å². The Kier molecular flexibility index (Phi) is 5.09. The molecule has 0 amide bonds. The van der Waals surface area contributed by atoms with Crippen LogP contribution in [-0.4, -0.2) is 9.97 Å². The molecule has 2 aromatic heterocycles. The van der Waals surface area contributed by atoms with Crippen LogP contribution in [-0.2, 0) is 32.1 Å². The van der Waals surface area contributed by atoms with Gasteiger partial charge >= 0.3 is 0 Å². The van der Waals surface area contributed by atoms with Crippen molar-refractivity contribution in [2.45, 2.75) is 59.8 Å². The Balaban J connectivity index is 1.95. The van der Waals surface area contributed by atoms with Crippen molar-refractivity contribution in [3.63, 3.8) is 0 Å². The van der Waals surface area contributed by atoms with Gasteiger partial charge in [0.05, 0.1) is 0 Å². The van der Waals surface area contributed by atoms with Crippen molar-refractivity contribution < 1.29 is 0 Å². The van der Waals surface area contributed by atoms with Gasteiger partial charge in [0.2, 0.25) is 0 Å². The van der Waals surface area contributed by atoms with Crippen LogP contribution in [0.15, 0.2) is 48.8 Å². The van der Waals surface area contributed by atoms with Crippen molar-refractivity contribution >= 4 is 0 Å². The molecular formula is C29H32N2. The van der Waals surface area contributed by atoms with Crippen molar-refractivity contribution in [3.8, 4) is 33.6 Å². The Hall–Kier alpha value is -3.00. The predicted octanol–water partition coefficient (Wildman–Crippen LogP) is 7.50. The molecule has 4 aromatic rings. The van der Waals surface area contributed by atoms with Gasteiger partial charge in [0.15, 0.2) is 0 Å². The number of rotatable bonds is 6. The molecule has 158 valence electrons. The molecule has 2 N–H and O–H groups in total. The van der Waals surface area contributed by atoms with Crippen molar-refractivity contribution in [2.75, 3.05) is 0 Å². The average molecular weight is 409 g/mol. The third kappa shape index (κ3) is 2.92. The fourth-order valence-corrected chi connectivity index (χ4v) is 5.86. The highest BCUT2D eigenvalue weighted by Gasteiger charge is 2.32. The molecule has 2 heterocycles. The number of aromatic amines is 2. The third-order valence-electron chi connectivity index (χ3n) is 7.11. The molecule has 0 unspecified atom stereocenters. The van der Waals surface area contributed by atoms with Crippen molar-refractivity contribution in [3.05, 3.63) is 82.2 Å². The lowest BCUT2D eigenvalue weighted by Gasteiger charge is -2.24. The number of aryl methyl sites for hydroxylation is 1. The van der Waals surface area contributed by atoms with E-state index < -0.39 is 0 Å². The maximum Gasteiger partial charge on any atom is 0.0463 e. The minimum Gasteiger partial charge on any atom is -0.361 e. The standard InChI is InChI=1S/C29H32N2/c1-5-18-13-14-19-17-23-27(26(19)20(18)6-2)21(7-3)22(8-4)28(24-11-9-15-30-24)29(23)25-12-10-16-31-25/h9-16,30-31H,5-8,17H2,1-4H3. The van der Waals surface area contributed by atoms with Gasteiger partial charge in [-0.2, -0.15) is 0 Å². The second kappa shape index (κ2) is 7.92. The van der Waals surface area contributed by atoms with Gasteiger partial charge in [0.1, 0.15) is 0 Å². The van der Waals surface area contributed by atoms with E-state index in [1.54, 1.807) is 11.1 Å². The zero-order chi connectivity index (χ0) is 21.5.